The maximum absolute atomic E-state index is 12.7. The molecule has 2 saturated heterocycles. The highest BCUT2D eigenvalue weighted by atomic mass is 35.5. The first-order valence-corrected chi connectivity index (χ1v) is 8.53. The number of carbonyl (C=O) groups is 2. The maximum Gasteiger partial charge on any atom is 0.290 e. The number of nitrogens with one attached hydrogen (secondary N) is 1. The first kappa shape index (κ1) is 16.9. The van der Waals surface area contributed by atoms with Gasteiger partial charge in [-0.05, 0) is 18.2 Å². The number of likely N-dealkylation sites (tertiary alicyclic amines) is 1. The summed E-state index contributed by atoms with van der Waals surface area (Å²) in [4.78, 5) is 46.3. The molecule has 8 nitrogen and oxygen atoms in total. The lowest BCUT2D eigenvalue weighted by Gasteiger charge is -2.15. The van der Waals surface area contributed by atoms with E-state index in [1.807, 2.05) is 0 Å². The summed E-state index contributed by atoms with van der Waals surface area (Å²) in [6.07, 6.45) is 1.29. The zero-order chi connectivity index (χ0) is 18.4. The summed E-state index contributed by atoms with van der Waals surface area (Å²) in [6, 6.07) is 6.02. The van der Waals surface area contributed by atoms with Crippen molar-refractivity contribution >= 4 is 35.0 Å². The van der Waals surface area contributed by atoms with Crippen molar-refractivity contribution in [2.24, 2.45) is 5.92 Å². The number of amides is 2. The van der Waals surface area contributed by atoms with Crippen LogP contribution in [-0.2, 0) is 4.79 Å². The second-order valence-corrected chi connectivity index (χ2v) is 6.92. The van der Waals surface area contributed by atoms with Gasteiger partial charge in [0.1, 0.15) is 22.8 Å². The number of hydrazine groups is 1. The first-order chi connectivity index (χ1) is 12.4. The van der Waals surface area contributed by atoms with Gasteiger partial charge in [-0.15, -0.1) is 0 Å². The highest BCUT2D eigenvalue weighted by molar-refractivity contribution is 6.42. The SMILES string of the molecule is O=C1N[N+](=O)C2CN(C(=O)c3cc(-c4ccc(Cl)c(Cl)c4)ncn3)CC12. The fourth-order valence-corrected chi connectivity index (χ4v) is 3.47. The van der Waals surface area contributed by atoms with Gasteiger partial charge >= 0.3 is 0 Å². The predicted molar refractivity (Wildman–Crippen MR) is 92.4 cm³/mol. The molecule has 0 aliphatic carbocycles. The van der Waals surface area contributed by atoms with Crippen LogP contribution in [0.15, 0.2) is 30.6 Å². The van der Waals surface area contributed by atoms with Crippen molar-refractivity contribution in [2.75, 3.05) is 13.1 Å². The summed E-state index contributed by atoms with van der Waals surface area (Å²) in [5.41, 5.74) is 3.60. The molecule has 0 radical (unpaired) electrons. The number of aromatic nitrogens is 2. The number of halogens is 2. The lowest BCUT2D eigenvalue weighted by atomic mass is 10.1. The number of nitroso groups, excluding NO2 is 1. The molecule has 3 heterocycles. The van der Waals surface area contributed by atoms with E-state index in [1.54, 1.807) is 24.3 Å². The van der Waals surface area contributed by atoms with Gasteiger partial charge in [0.2, 0.25) is 0 Å². The van der Waals surface area contributed by atoms with E-state index in [9.17, 15) is 14.5 Å². The Morgan fingerprint density at radius 3 is 2.73 bits per heavy atom. The molecular formula is C16H12Cl2N5O3+. The summed E-state index contributed by atoms with van der Waals surface area (Å²) >= 11 is 11.9. The number of hydrogen-bond acceptors (Lipinski definition) is 5. The minimum atomic E-state index is -0.567. The van der Waals surface area contributed by atoms with Gasteiger partial charge in [-0.25, -0.2) is 9.97 Å². The van der Waals surface area contributed by atoms with Gasteiger partial charge in [0, 0.05) is 12.1 Å². The third-order valence-electron chi connectivity index (χ3n) is 4.54. The summed E-state index contributed by atoms with van der Waals surface area (Å²) in [7, 11) is 0. The smallest absolute Gasteiger partial charge is 0.290 e. The predicted octanol–water partition coefficient (Wildman–Crippen LogP) is 1.71. The number of fused-ring (bicyclic) bond motifs is 1. The minimum absolute atomic E-state index is 0.165. The Morgan fingerprint density at radius 2 is 2.00 bits per heavy atom. The second kappa shape index (κ2) is 6.30. The van der Waals surface area contributed by atoms with Crippen LogP contribution >= 0.6 is 23.2 Å². The van der Waals surface area contributed by atoms with Crippen LogP contribution in [0.25, 0.3) is 11.3 Å². The van der Waals surface area contributed by atoms with E-state index in [1.165, 1.54) is 11.2 Å². The molecule has 0 bridgehead atoms. The maximum atomic E-state index is 12.7. The van der Waals surface area contributed by atoms with Gasteiger partial charge < -0.3 is 4.90 Å². The van der Waals surface area contributed by atoms with Crippen LogP contribution in [0.1, 0.15) is 10.5 Å². The van der Waals surface area contributed by atoms with Crippen molar-refractivity contribution in [1.29, 1.82) is 0 Å². The monoisotopic (exact) mass is 392 g/mol. The molecule has 2 amide bonds. The molecule has 1 aromatic carbocycles. The van der Waals surface area contributed by atoms with Crippen LogP contribution in [0.5, 0.6) is 0 Å². The molecule has 2 aliphatic heterocycles. The molecule has 4 rings (SSSR count). The molecule has 1 aromatic heterocycles. The van der Waals surface area contributed by atoms with E-state index >= 15 is 0 Å². The molecular weight excluding hydrogens is 381 g/mol. The van der Waals surface area contributed by atoms with Crippen molar-refractivity contribution in [3.8, 4) is 11.3 Å². The Labute approximate surface area is 157 Å². The summed E-state index contributed by atoms with van der Waals surface area (Å²) < 4.78 is 0. The van der Waals surface area contributed by atoms with Crippen molar-refractivity contribution in [2.45, 2.75) is 6.04 Å². The highest BCUT2D eigenvalue weighted by Gasteiger charge is 2.56. The highest BCUT2D eigenvalue weighted by Crippen LogP contribution is 2.28. The lowest BCUT2D eigenvalue weighted by Crippen LogP contribution is -2.36. The van der Waals surface area contributed by atoms with Gasteiger partial charge in [0.25, 0.3) is 17.9 Å². The van der Waals surface area contributed by atoms with Gasteiger partial charge in [-0.2, -0.15) is 0 Å². The van der Waals surface area contributed by atoms with E-state index in [0.717, 1.165) is 0 Å². The van der Waals surface area contributed by atoms with Crippen molar-refractivity contribution < 1.29 is 14.5 Å². The van der Waals surface area contributed by atoms with Crippen LogP contribution in [0, 0.1) is 10.8 Å². The first-order valence-electron chi connectivity index (χ1n) is 7.77. The third-order valence-corrected chi connectivity index (χ3v) is 5.28. The van der Waals surface area contributed by atoms with E-state index in [-0.39, 0.29) is 30.6 Å². The molecule has 132 valence electrons. The van der Waals surface area contributed by atoms with Crippen LogP contribution in [0.2, 0.25) is 10.0 Å². The number of benzene rings is 1. The zero-order valence-corrected chi connectivity index (χ0v) is 14.7. The van der Waals surface area contributed by atoms with Crippen molar-refractivity contribution in [3.05, 3.63) is 51.2 Å². The molecule has 26 heavy (non-hydrogen) atoms. The normalized spacial score (nSPS) is 21.7. The zero-order valence-electron chi connectivity index (χ0n) is 13.2. The van der Waals surface area contributed by atoms with Gasteiger partial charge in [0.15, 0.2) is 0 Å². The molecule has 0 spiro atoms. The van der Waals surface area contributed by atoms with Gasteiger partial charge in [-0.1, -0.05) is 34.7 Å². The van der Waals surface area contributed by atoms with Gasteiger partial charge in [-0.3, -0.25) is 9.59 Å². The summed E-state index contributed by atoms with van der Waals surface area (Å²) in [6.45, 7) is 0.345. The van der Waals surface area contributed by atoms with Gasteiger partial charge in [0.05, 0.1) is 27.2 Å². The number of nitrogens with zero attached hydrogens (tertiary/aromatic N) is 4. The Kier molecular flexibility index (Phi) is 4.08. The van der Waals surface area contributed by atoms with E-state index in [2.05, 4.69) is 15.4 Å². The average molecular weight is 393 g/mol. The molecule has 0 saturated carbocycles. The van der Waals surface area contributed by atoms with E-state index in [4.69, 9.17) is 23.2 Å². The number of hydrogen-bond donors (Lipinski definition) is 1. The second-order valence-electron chi connectivity index (χ2n) is 6.10. The number of rotatable bonds is 2. The fourth-order valence-electron chi connectivity index (χ4n) is 3.17. The molecule has 2 aliphatic rings. The number of carbonyl (C=O) groups excluding carboxylic acids is 2. The van der Waals surface area contributed by atoms with Crippen molar-refractivity contribution in [3.63, 3.8) is 0 Å². The largest absolute Gasteiger partial charge is 0.329 e. The van der Waals surface area contributed by atoms with Crippen LogP contribution in [0.3, 0.4) is 0 Å². The van der Waals surface area contributed by atoms with Crippen LogP contribution in [-0.4, -0.2) is 50.7 Å². The Bertz CT molecular complexity index is 929. The quantitative estimate of drug-likeness (QED) is 0.784. The molecule has 1 N–H and O–H groups in total. The molecule has 2 fully saturated rings. The average Bonchev–Trinajstić information content (AvgIpc) is 3.18. The summed E-state index contributed by atoms with van der Waals surface area (Å²) in [5, 5.41) is 0.800. The Balaban J connectivity index is 1.59. The molecule has 2 aromatic rings. The third kappa shape index (κ3) is 2.81. The molecule has 2 unspecified atom stereocenters. The Hall–Kier alpha value is -2.58. The Morgan fingerprint density at radius 1 is 1.19 bits per heavy atom. The van der Waals surface area contributed by atoms with E-state index < -0.39 is 12.0 Å². The van der Waals surface area contributed by atoms with Crippen LogP contribution < -0.4 is 5.43 Å². The van der Waals surface area contributed by atoms with E-state index in [0.29, 0.717) is 26.2 Å². The van der Waals surface area contributed by atoms with Crippen molar-refractivity contribution in [1.82, 2.24) is 20.3 Å². The fraction of sp³-hybridized carbons (Fsp3) is 0.250. The van der Waals surface area contributed by atoms with Crippen LogP contribution in [0.4, 0.5) is 0 Å². The lowest BCUT2D eigenvalue weighted by molar-refractivity contribution is -0.612. The topological polar surface area (TPSA) is 95.3 Å². The molecule has 10 heteroatoms. The standard InChI is InChI=1S/C16H11Cl2N5O3/c17-10-2-1-8(3-11(10)18)12-4-13(20-7-19-12)16(25)22-5-9-14(6-22)23(26)21-15(9)24/h1-4,7,9,14H,5-6H2/p+1. The molecule has 2 atom stereocenters. The summed E-state index contributed by atoms with van der Waals surface area (Å²) in [5.74, 6) is -1.24. The minimum Gasteiger partial charge on any atom is -0.329 e.